The van der Waals surface area contributed by atoms with Gasteiger partial charge < -0.3 is 45.2 Å². The van der Waals surface area contributed by atoms with E-state index in [1.807, 2.05) is 0 Å². The van der Waals surface area contributed by atoms with E-state index in [2.05, 4.69) is 23.2 Å². The Morgan fingerprint density at radius 2 is 0.783 bits per heavy atom. The van der Waals surface area contributed by atoms with Crippen molar-refractivity contribution in [1.82, 2.24) is 0 Å². The number of carbonyl (C=O) groups is 8. The molecule has 6 N–H and O–H groups in total. The molecule has 0 aliphatic heterocycles. The van der Waals surface area contributed by atoms with Crippen LogP contribution < -0.4 is 33.1 Å². The molecule has 69 heavy (non-hydrogen) atoms. The fraction of sp³-hybridized carbons (Fsp3) is 0.0638. The number of halogens is 4. The zero-order valence-electron chi connectivity index (χ0n) is 35.3. The van der Waals surface area contributed by atoms with Crippen molar-refractivity contribution < 1.29 is 102 Å². The van der Waals surface area contributed by atoms with Gasteiger partial charge in [0.2, 0.25) is 0 Å². The van der Waals surface area contributed by atoms with Crippen molar-refractivity contribution in [2.75, 3.05) is 6.61 Å². The quantitative estimate of drug-likeness (QED) is 0.0409. The number of carbonyl (C=O) groups excluding carboxylic acids is 5. The predicted molar refractivity (Wildman–Crippen MR) is 250 cm³/mol. The maximum absolute atomic E-state index is 11.7. The molecule has 0 bridgehead atoms. The van der Waals surface area contributed by atoms with Gasteiger partial charge in [-0.1, -0.05) is 62.0 Å². The van der Waals surface area contributed by atoms with Crippen LogP contribution in [0.1, 0.15) is 76.5 Å². The maximum atomic E-state index is 11.7. The predicted octanol–water partition coefficient (Wildman–Crippen LogP) is 7.62. The van der Waals surface area contributed by atoms with E-state index in [1.54, 1.807) is 104 Å². The number of aromatic carboxylic acids is 3. The van der Waals surface area contributed by atoms with Crippen LogP contribution in [0.2, 0.25) is 0 Å². The number of benzene rings is 6. The topological polar surface area (TPSA) is 296 Å². The van der Waals surface area contributed by atoms with E-state index < -0.39 is 44.8 Å². The van der Waals surface area contributed by atoms with Crippen molar-refractivity contribution in [3.63, 3.8) is 0 Å². The van der Waals surface area contributed by atoms with E-state index in [0.717, 1.165) is 0 Å². The summed E-state index contributed by atoms with van der Waals surface area (Å²) in [6.07, 6.45) is 0. The third kappa shape index (κ3) is 21.6. The molecular formula is C47H39Cl4LiO17. The number of esters is 1. The Balaban J connectivity index is 0. The Bertz CT molecular complexity index is 2590. The summed E-state index contributed by atoms with van der Waals surface area (Å²) in [5.74, 6) is -1.96. The number of ether oxygens (including phenoxy) is 4. The van der Waals surface area contributed by atoms with Gasteiger partial charge in [-0.05, 0) is 144 Å². The van der Waals surface area contributed by atoms with Gasteiger partial charge in [-0.25, -0.2) is 19.2 Å². The first-order chi connectivity index (χ1) is 30.9. The van der Waals surface area contributed by atoms with E-state index in [1.165, 1.54) is 48.5 Å². The van der Waals surface area contributed by atoms with Gasteiger partial charge in [0.1, 0.15) is 45.6 Å². The second kappa shape index (κ2) is 32.6. The Hall–Kier alpha value is -7.04. The summed E-state index contributed by atoms with van der Waals surface area (Å²) in [4.78, 5) is 85.8. The summed E-state index contributed by atoms with van der Waals surface area (Å²) in [6.45, 7) is 2.01. The van der Waals surface area contributed by atoms with E-state index in [9.17, 15) is 38.4 Å². The number of para-hydroxylation sites is 3. The van der Waals surface area contributed by atoms with Crippen LogP contribution in [0.25, 0.3) is 0 Å². The van der Waals surface area contributed by atoms with Gasteiger partial charge in [0.05, 0.1) is 23.3 Å². The van der Waals surface area contributed by atoms with Crippen molar-refractivity contribution >= 4 is 91.3 Å². The van der Waals surface area contributed by atoms with Crippen molar-refractivity contribution in [3.05, 3.63) is 179 Å². The largest absolute Gasteiger partial charge is 1.00 e. The molecule has 6 rings (SSSR count). The van der Waals surface area contributed by atoms with Crippen molar-refractivity contribution in [1.29, 1.82) is 0 Å². The minimum atomic E-state index is -1.14. The summed E-state index contributed by atoms with van der Waals surface area (Å²) < 4.78 is 21.4. The van der Waals surface area contributed by atoms with Crippen molar-refractivity contribution in [2.45, 2.75) is 14.4 Å². The molecular weight excluding hydrogens is 985 g/mol. The molecule has 22 heteroatoms. The van der Waals surface area contributed by atoms with E-state index in [0.29, 0.717) is 28.4 Å². The van der Waals surface area contributed by atoms with E-state index >= 15 is 0 Å². The molecule has 0 aliphatic rings. The van der Waals surface area contributed by atoms with Crippen LogP contribution in [-0.4, -0.2) is 77.7 Å². The smallest absolute Gasteiger partial charge is 0.870 e. The molecule has 0 fully saturated rings. The molecule has 6 aromatic carbocycles. The third-order valence-electron chi connectivity index (χ3n) is 7.66. The Labute approximate surface area is 425 Å². The van der Waals surface area contributed by atoms with Crippen LogP contribution in [0.5, 0.6) is 34.5 Å². The molecule has 0 aromatic heterocycles. The molecule has 0 amide bonds. The average molecular weight is 1020 g/mol. The van der Waals surface area contributed by atoms with Gasteiger partial charge in [0.25, 0.3) is 10.5 Å². The molecule has 17 nitrogen and oxygen atoms in total. The molecule has 0 saturated carbocycles. The minimum Gasteiger partial charge on any atom is -0.870 e. The van der Waals surface area contributed by atoms with Crippen LogP contribution in [0.3, 0.4) is 0 Å². The van der Waals surface area contributed by atoms with Crippen LogP contribution in [0, 0.1) is 0 Å². The fourth-order valence-corrected chi connectivity index (χ4v) is 5.11. The summed E-state index contributed by atoms with van der Waals surface area (Å²) in [5, 5.41) is 23.5. The van der Waals surface area contributed by atoms with Gasteiger partial charge in [-0.2, -0.15) is 0 Å². The molecule has 0 aliphatic carbocycles. The number of carboxylic acids is 3. The Kier molecular flexibility index (Phi) is 30.3. The second-order valence-corrected chi connectivity index (χ2v) is 13.5. The van der Waals surface area contributed by atoms with Gasteiger partial charge >= 0.3 is 53.2 Å². The standard InChI is InChI=1S/C16H14O5.C14H8Cl2O3.C14H10O5.C2Cl2O2.CH4.Li.2H2O/c1-2-20-16(19)11-6-5-7-12(10-11)21-14-9-4-3-8-13(14)15(17)18;15-13(17)9-4-3-5-10(8-9)19-12-7-2-1-6-11(12)14(16)18;15-13(16)9-4-3-5-10(8-9)19-12-7-2-1-6-11(12)14(17)18;3-1(5)2(4)6;;;;/h3-10H,2H2,1H3,(H,17,18);1-8H;1-8H,(H,15,16)(H,17,18);;1H4;;2*1H2/q;;;;;+1;;/p-1. The zero-order chi connectivity index (χ0) is 48.1. The first kappa shape index (κ1) is 64.0. The number of carboxylic acid groups (broad SMARTS) is 3. The molecule has 358 valence electrons. The molecule has 6 aromatic rings. The van der Waals surface area contributed by atoms with Crippen LogP contribution >= 0.6 is 46.4 Å². The van der Waals surface area contributed by atoms with Crippen LogP contribution in [-0.2, 0) is 14.3 Å². The monoisotopic (exact) mass is 1020 g/mol. The second-order valence-electron chi connectivity index (χ2n) is 12.1. The normalized spacial score (nSPS) is 9.17. The molecule has 0 saturated heterocycles. The van der Waals surface area contributed by atoms with Gasteiger partial charge in [-0.15, -0.1) is 0 Å². The summed E-state index contributed by atoms with van der Waals surface area (Å²) in [6, 6.07) is 37.6. The van der Waals surface area contributed by atoms with Crippen molar-refractivity contribution in [2.24, 2.45) is 0 Å². The molecule has 0 unspecified atom stereocenters. The maximum Gasteiger partial charge on any atom is 1.00 e. The molecule has 0 heterocycles. The van der Waals surface area contributed by atoms with E-state index in [4.69, 9.17) is 57.5 Å². The van der Waals surface area contributed by atoms with Gasteiger partial charge in [0, 0.05) is 5.56 Å². The molecule has 0 radical (unpaired) electrons. The first-order valence-corrected chi connectivity index (χ1v) is 19.7. The number of rotatable bonds is 14. The number of hydrogen-bond acceptors (Lipinski definition) is 13. The Morgan fingerprint density at radius 3 is 1.13 bits per heavy atom. The van der Waals surface area contributed by atoms with Crippen LogP contribution in [0.4, 0.5) is 0 Å². The zero-order valence-corrected chi connectivity index (χ0v) is 38.3. The van der Waals surface area contributed by atoms with Gasteiger partial charge in [0.15, 0.2) is 0 Å². The number of hydrogen-bond donors (Lipinski definition) is 3. The SMILES string of the molecule is C.CCOC(=O)c1cccc(Oc2ccccc2C(=O)O)c1.O.O=C(Cl)C(=O)Cl.O=C(Cl)c1cccc(Oc2ccccc2C(=O)Cl)c1.O=C(O)c1cccc(Oc2ccccc2C(=O)O)c1.[Li+].[OH-]. The summed E-state index contributed by atoms with van der Waals surface area (Å²) >= 11 is 19.8. The summed E-state index contributed by atoms with van der Waals surface area (Å²) in [7, 11) is 0. The first-order valence-electron chi connectivity index (χ1n) is 18.2. The van der Waals surface area contributed by atoms with Gasteiger partial charge in [-0.3, -0.25) is 19.2 Å². The Morgan fingerprint density at radius 1 is 0.449 bits per heavy atom. The van der Waals surface area contributed by atoms with Crippen molar-refractivity contribution in [3.8, 4) is 34.5 Å². The average Bonchev–Trinajstić information content (AvgIpc) is 3.28. The third-order valence-corrected chi connectivity index (χ3v) is 8.52. The minimum absolute atomic E-state index is 0. The fourth-order valence-electron chi connectivity index (χ4n) is 4.84. The van der Waals surface area contributed by atoms with E-state index in [-0.39, 0.29) is 83.3 Å². The molecule has 0 spiro atoms. The van der Waals surface area contributed by atoms with Crippen LogP contribution in [0.15, 0.2) is 146 Å². The summed E-state index contributed by atoms with van der Waals surface area (Å²) in [5.41, 5.74) is 1.07. The molecule has 0 atom stereocenters.